The SMILES string of the molecule is COc1ccccc1OCCOCCOCCOCCO. The average Bonchev–Trinajstić information content (AvgIpc) is 2.53. The Hall–Kier alpha value is -1.34. The minimum atomic E-state index is 0.0370. The molecule has 6 nitrogen and oxygen atoms in total. The van der Waals surface area contributed by atoms with Crippen molar-refractivity contribution in [2.75, 3.05) is 60.0 Å². The number of methoxy groups -OCH3 is 1. The second-order valence-corrected chi connectivity index (χ2v) is 4.06. The van der Waals surface area contributed by atoms with Crippen LogP contribution >= 0.6 is 0 Å². The summed E-state index contributed by atoms with van der Waals surface area (Å²) in [5.74, 6) is 1.42. The molecule has 0 heterocycles. The van der Waals surface area contributed by atoms with Gasteiger partial charge in [0, 0.05) is 0 Å². The van der Waals surface area contributed by atoms with Crippen LogP contribution in [-0.4, -0.2) is 65.1 Å². The molecule has 0 aromatic heterocycles. The molecule has 0 aliphatic heterocycles. The molecule has 0 amide bonds. The van der Waals surface area contributed by atoms with Crippen LogP contribution in [0.4, 0.5) is 0 Å². The summed E-state index contributed by atoms with van der Waals surface area (Å²) in [7, 11) is 1.61. The fraction of sp³-hybridized carbons (Fsp3) is 0.600. The second-order valence-electron chi connectivity index (χ2n) is 4.06. The number of aliphatic hydroxyl groups is 1. The van der Waals surface area contributed by atoms with Gasteiger partial charge in [-0.15, -0.1) is 0 Å². The minimum absolute atomic E-state index is 0.0370. The lowest BCUT2D eigenvalue weighted by molar-refractivity contribution is 0.00351. The first-order valence-corrected chi connectivity index (χ1v) is 6.98. The van der Waals surface area contributed by atoms with Gasteiger partial charge in [-0.3, -0.25) is 0 Å². The zero-order valence-electron chi connectivity index (χ0n) is 12.5. The fourth-order valence-electron chi connectivity index (χ4n) is 1.56. The molecule has 1 aromatic rings. The van der Waals surface area contributed by atoms with E-state index in [2.05, 4.69) is 0 Å². The number of hydrogen-bond donors (Lipinski definition) is 1. The van der Waals surface area contributed by atoms with Crippen molar-refractivity contribution in [3.63, 3.8) is 0 Å². The highest BCUT2D eigenvalue weighted by molar-refractivity contribution is 5.39. The van der Waals surface area contributed by atoms with Gasteiger partial charge in [-0.1, -0.05) is 12.1 Å². The molecule has 120 valence electrons. The van der Waals surface area contributed by atoms with Gasteiger partial charge in [0.1, 0.15) is 6.61 Å². The minimum Gasteiger partial charge on any atom is -0.493 e. The maximum absolute atomic E-state index is 8.50. The third-order valence-corrected chi connectivity index (χ3v) is 2.53. The number of hydrogen-bond acceptors (Lipinski definition) is 6. The Morgan fingerprint density at radius 3 is 1.86 bits per heavy atom. The highest BCUT2D eigenvalue weighted by Crippen LogP contribution is 2.25. The summed E-state index contributed by atoms with van der Waals surface area (Å²) in [6, 6.07) is 7.49. The quantitative estimate of drug-likeness (QED) is 0.551. The predicted octanol–water partition coefficient (Wildman–Crippen LogP) is 1.12. The summed E-state index contributed by atoms with van der Waals surface area (Å²) in [6.45, 7) is 3.34. The topological polar surface area (TPSA) is 66.4 Å². The van der Waals surface area contributed by atoms with Crippen molar-refractivity contribution in [2.45, 2.75) is 0 Å². The maximum Gasteiger partial charge on any atom is 0.161 e. The van der Waals surface area contributed by atoms with E-state index in [1.807, 2.05) is 24.3 Å². The van der Waals surface area contributed by atoms with Crippen LogP contribution in [-0.2, 0) is 14.2 Å². The lowest BCUT2D eigenvalue weighted by Crippen LogP contribution is -2.13. The number of aliphatic hydroxyl groups excluding tert-OH is 1. The van der Waals surface area contributed by atoms with Gasteiger partial charge in [0.25, 0.3) is 0 Å². The molecule has 0 saturated heterocycles. The summed E-state index contributed by atoms with van der Waals surface area (Å²) < 4.78 is 26.5. The summed E-state index contributed by atoms with van der Waals surface area (Å²) in [4.78, 5) is 0. The summed E-state index contributed by atoms with van der Waals surface area (Å²) >= 11 is 0. The average molecular weight is 300 g/mol. The fourth-order valence-corrected chi connectivity index (χ4v) is 1.56. The van der Waals surface area contributed by atoms with Gasteiger partial charge in [-0.25, -0.2) is 0 Å². The van der Waals surface area contributed by atoms with Crippen molar-refractivity contribution < 1.29 is 28.8 Å². The van der Waals surface area contributed by atoms with Gasteiger partial charge >= 0.3 is 0 Å². The van der Waals surface area contributed by atoms with Crippen molar-refractivity contribution in [1.82, 2.24) is 0 Å². The molecule has 0 atom stereocenters. The van der Waals surface area contributed by atoms with Crippen LogP contribution < -0.4 is 9.47 Å². The van der Waals surface area contributed by atoms with E-state index in [0.717, 1.165) is 0 Å². The van der Waals surface area contributed by atoms with Crippen molar-refractivity contribution >= 4 is 0 Å². The molecule has 0 spiro atoms. The lowest BCUT2D eigenvalue weighted by Gasteiger charge is -2.10. The van der Waals surface area contributed by atoms with E-state index in [9.17, 15) is 0 Å². The van der Waals surface area contributed by atoms with Gasteiger partial charge in [-0.2, -0.15) is 0 Å². The molecule has 0 fully saturated rings. The van der Waals surface area contributed by atoms with Gasteiger partial charge in [0.15, 0.2) is 11.5 Å². The van der Waals surface area contributed by atoms with E-state index in [1.54, 1.807) is 7.11 Å². The maximum atomic E-state index is 8.50. The van der Waals surface area contributed by atoms with Crippen LogP contribution in [0.15, 0.2) is 24.3 Å². The zero-order valence-corrected chi connectivity index (χ0v) is 12.5. The first kappa shape index (κ1) is 17.7. The van der Waals surface area contributed by atoms with Gasteiger partial charge in [0.05, 0.1) is 53.4 Å². The van der Waals surface area contributed by atoms with Gasteiger partial charge in [0.2, 0.25) is 0 Å². The Morgan fingerprint density at radius 2 is 1.29 bits per heavy atom. The third-order valence-electron chi connectivity index (χ3n) is 2.53. The first-order chi connectivity index (χ1) is 10.4. The predicted molar refractivity (Wildman–Crippen MR) is 78.0 cm³/mol. The largest absolute Gasteiger partial charge is 0.493 e. The van der Waals surface area contributed by atoms with Gasteiger partial charge in [-0.05, 0) is 12.1 Å². The Labute approximate surface area is 125 Å². The van der Waals surface area contributed by atoms with Crippen molar-refractivity contribution in [3.8, 4) is 11.5 Å². The molecule has 6 heteroatoms. The van der Waals surface area contributed by atoms with Crippen LogP contribution in [0.5, 0.6) is 11.5 Å². The third kappa shape index (κ3) is 8.52. The molecule has 0 aliphatic rings. The Balaban J connectivity index is 1.93. The molecular weight excluding hydrogens is 276 g/mol. The number of rotatable bonds is 13. The molecule has 0 radical (unpaired) electrons. The van der Waals surface area contributed by atoms with Crippen LogP contribution in [0.2, 0.25) is 0 Å². The van der Waals surface area contributed by atoms with Crippen LogP contribution in [0, 0.1) is 0 Å². The molecule has 1 aromatic carbocycles. The van der Waals surface area contributed by atoms with E-state index in [1.165, 1.54) is 0 Å². The molecule has 1 N–H and O–H groups in total. The molecule has 0 bridgehead atoms. The molecule has 0 aliphatic carbocycles. The summed E-state index contributed by atoms with van der Waals surface area (Å²) in [5.41, 5.74) is 0. The van der Waals surface area contributed by atoms with E-state index >= 15 is 0 Å². The van der Waals surface area contributed by atoms with Gasteiger partial charge < -0.3 is 28.8 Å². The van der Waals surface area contributed by atoms with E-state index in [0.29, 0.717) is 57.7 Å². The lowest BCUT2D eigenvalue weighted by atomic mass is 10.3. The summed E-state index contributed by atoms with van der Waals surface area (Å²) in [6.07, 6.45) is 0. The highest BCUT2D eigenvalue weighted by atomic mass is 16.6. The molecule has 1 rings (SSSR count). The Kier molecular flexibility index (Phi) is 10.5. The van der Waals surface area contributed by atoms with Crippen LogP contribution in [0.3, 0.4) is 0 Å². The Morgan fingerprint density at radius 1 is 0.762 bits per heavy atom. The smallest absolute Gasteiger partial charge is 0.161 e. The standard InChI is InChI=1S/C15H24O6/c1-17-14-4-2-3-5-15(14)21-13-12-20-11-10-19-9-8-18-7-6-16/h2-5,16H,6-13H2,1H3. The summed E-state index contributed by atoms with van der Waals surface area (Å²) in [5, 5.41) is 8.50. The molecule has 0 unspecified atom stereocenters. The van der Waals surface area contributed by atoms with Crippen molar-refractivity contribution in [2.24, 2.45) is 0 Å². The zero-order chi connectivity index (χ0) is 15.2. The normalized spacial score (nSPS) is 10.6. The number of para-hydroxylation sites is 2. The van der Waals surface area contributed by atoms with E-state index in [4.69, 9.17) is 28.8 Å². The highest BCUT2D eigenvalue weighted by Gasteiger charge is 2.01. The number of benzene rings is 1. The molecule has 21 heavy (non-hydrogen) atoms. The first-order valence-electron chi connectivity index (χ1n) is 6.98. The monoisotopic (exact) mass is 300 g/mol. The van der Waals surface area contributed by atoms with Crippen LogP contribution in [0.1, 0.15) is 0 Å². The van der Waals surface area contributed by atoms with E-state index in [-0.39, 0.29) is 6.61 Å². The number of ether oxygens (including phenoxy) is 5. The van der Waals surface area contributed by atoms with E-state index < -0.39 is 0 Å². The van der Waals surface area contributed by atoms with Crippen LogP contribution in [0.25, 0.3) is 0 Å². The van der Waals surface area contributed by atoms with Crippen molar-refractivity contribution in [3.05, 3.63) is 24.3 Å². The second kappa shape index (κ2) is 12.4. The van der Waals surface area contributed by atoms with Crippen molar-refractivity contribution in [1.29, 1.82) is 0 Å². The molecular formula is C15H24O6. The Bertz CT molecular complexity index is 358. The molecule has 0 saturated carbocycles.